The highest BCUT2D eigenvalue weighted by atomic mass is 16.2. The van der Waals surface area contributed by atoms with Crippen molar-refractivity contribution in [2.45, 2.75) is 25.9 Å². The van der Waals surface area contributed by atoms with Gasteiger partial charge < -0.3 is 14.4 Å². The van der Waals surface area contributed by atoms with Gasteiger partial charge in [0.2, 0.25) is 0 Å². The van der Waals surface area contributed by atoms with Gasteiger partial charge in [-0.3, -0.25) is 9.69 Å². The van der Waals surface area contributed by atoms with E-state index in [1.807, 2.05) is 4.90 Å². The average molecular weight is 367 g/mol. The molecule has 3 heterocycles. The Balaban J connectivity index is 1.48. The first-order chi connectivity index (χ1) is 13.1. The van der Waals surface area contributed by atoms with Gasteiger partial charge in [0, 0.05) is 58.4 Å². The van der Waals surface area contributed by atoms with Crippen LogP contribution in [-0.4, -0.2) is 64.9 Å². The zero-order valence-corrected chi connectivity index (χ0v) is 16.5. The predicted octanol–water partition coefficient (Wildman–Crippen LogP) is 2.36. The second-order valence-electron chi connectivity index (χ2n) is 7.96. The van der Waals surface area contributed by atoms with E-state index in [0.717, 1.165) is 64.3 Å². The zero-order valence-electron chi connectivity index (χ0n) is 16.5. The summed E-state index contributed by atoms with van der Waals surface area (Å²) >= 11 is 0. The molecule has 1 aromatic heterocycles. The van der Waals surface area contributed by atoms with Crippen molar-refractivity contribution >= 4 is 5.91 Å². The van der Waals surface area contributed by atoms with E-state index in [0.29, 0.717) is 0 Å². The lowest BCUT2D eigenvalue weighted by atomic mass is 10.1. The number of benzene rings is 1. The fourth-order valence-electron chi connectivity index (χ4n) is 4.35. The summed E-state index contributed by atoms with van der Waals surface area (Å²) in [6, 6.07) is 12.8. The van der Waals surface area contributed by atoms with Crippen LogP contribution in [0.15, 0.2) is 36.4 Å². The molecule has 0 saturated carbocycles. The quantitative estimate of drug-likeness (QED) is 0.836. The van der Waals surface area contributed by atoms with Gasteiger partial charge in [-0.15, -0.1) is 0 Å². The molecular formula is C22H30N4O. The van der Waals surface area contributed by atoms with Crippen LogP contribution in [0.25, 0.3) is 0 Å². The minimum atomic E-state index is 0.191. The number of hydrogen-bond acceptors (Lipinski definition) is 3. The van der Waals surface area contributed by atoms with Gasteiger partial charge in [-0.2, -0.15) is 0 Å². The Hall–Kier alpha value is -2.11. The molecule has 2 aliphatic heterocycles. The number of hydrogen-bond donors (Lipinski definition) is 0. The molecule has 5 heteroatoms. The van der Waals surface area contributed by atoms with E-state index < -0.39 is 0 Å². The molecule has 0 aliphatic carbocycles. The van der Waals surface area contributed by atoms with E-state index in [-0.39, 0.29) is 5.91 Å². The highest BCUT2D eigenvalue weighted by Crippen LogP contribution is 2.25. The van der Waals surface area contributed by atoms with Crippen LogP contribution in [0.2, 0.25) is 0 Å². The van der Waals surface area contributed by atoms with E-state index in [2.05, 4.69) is 64.9 Å². The van der Waals surface area contributed by atoms with Crippen LogP contribution in [0.1, 0.15) is 33.7 Å². The van der Waals surface area contributed by atoms with Gasteiger partial charge in [-0.1, -0.05) is 30.3 Å². The maximum Gasteiger partial charge on any atom is 0.270 e. The van der Waals surface area contributed by atoms with Crippen LogP contribution in [-0.2, 0) is 26.6 Å². The molecule has 0 unspecified atom stereocenters. The maximum atomic E-state index is 13.1. The molecule has 4 rings (SSSR count). The van der Waals surface area contributed by atoms with E-state index in [9.17, 15) is 4.79 Å². The molecule has 1 amide bonds. The molecule has 2 aliphatic rings. The summed E-state index contributed by atoms with van der Waals surface area (Å²) in [5.41, 5.74) is 4.84. The van der Waals surface area contributed by atoms with E-state index in [4.69, 9.17) is 0 Å². The summed E-state index contributed by atoms with van der Waals surface area (Å²) in [5.74, 6) is 0.191. The molecule has 0 N–H and O–H groups in total. The van der Waals surface area contributed by atoms with Crippen molar-refractivity contribution in [2.24, 2.45) is 7.05 Å². The molecule has 27 heavy (non-hydrogen) atoms. The fourth-order valence-corrected chi connectivity index (χ4v) is 4.35. The SMILES string of the molecule is CN1CCCN(C(=O)c2cc3c(n2C)CCN(Cc2ccccc2)C3)CC1. The van der Waals surface area contributed by atoms with Crippen LogP contribution in [0.3, 0.4) is 0 Å². The highest BCUT2D eigenvalue weighted by molar-refractivity contribution is 5.93. The molecule has 0 radical (unpaired) electrons. The summed E-state index contributed by atoms with van der Waals surface area (Å²) in [4.78, 5) is 20.0. The number of likely N-dealkylation sites (N-methyl/N-ethyl adjacent to an activating group) is 1. The number of nitrogens with zero attached hydrogens (tertiary/aromatic N) is 4. The predicted molar refractivity (Wildman–Crippen MR) is 108 cm³/mol. The van der Waals surface area contributed by atoms with Crippen molar-refractivity contribution in [1.29, 1.82) is 0 Å². The van der Waals surface area contributed by atoms with Crippen molar-refractivity contribution in [3.8, 4) is 0 Å². The van der Waals surface area contributed by atoms with E-state index >= 15 is 0 Å². The Morgan fingerprint density at radius 2 is 1.81 bits per heavy atom. The Bertz CT molecular complexity index is 798. The first kappa shape index (κ1) is 18.3. The van der Waals surface area contributed by atoms with Crippen LogP contribution < -0.4 is 0 Å². The summed E-state index contributed by atoms with van der Waals surface area (Å²) in [6.45, 7) is 6.65. The van der Waals surface area contributed by atoms with E-state index in [1.165, 1.54) is 16.8 Å². The van der Waals surface area contributed by atoms with Gasteiger partial charge in [-0.05, 0) is 37.2 Å². The Morgan fingerprint density at radius 1 is 1.00 bits per heavy atom. The number of aromatic nitrogens is 1. The number of rotatable bonds is 3. The van der Waals surface area contributed by atoms with Crippen LogP contribution in [0, 0.1) is 0 Å². The van der Waals surface area contributed by atoms with Gasteiger partial charge in [0.05, 0.1) is 0 Å². The zero-order chi connectivity index (χ0) is 18.8. The third-order valence-corrected chi connectivity index (χ3v) is 5.98. The van der Waals surface area contributed by atoms with Crippen molar-refractivity contribution < 1.29 is 4.79 Å². The van der Waals surface area contributed by atoms with Crippen molar-refractivity contribution in [1.82, 2.24) is 19.3 Å². The first-order valence-corrected chi connectivity index (χ1v) is 10.0. The number of carbonyl (C=O) groups excluding carboxylic acids is 1. The van der Waals surface area contributed by atoms with E-state index in [1.54, 1.807) is 0 Å². The lowest BCUT2D eigenvalue weighted by molar-refractivity contribution is 0.0753. The molecule has 0 spiro atoms. The number of fused-ring (bicyclic) bond motifs is 1. The molecule has 144 valence electrons. The molecule has 5 nitrogen and oxygen atoms in total. The van der Waals surface area contributed by atoms with Gasteiger partial charge in [-0.25, -0.2) is 0 Å². The molecule has 1 saturated heterocycles. The molecular weight excluding hydrogens is 336 g/mol. The Labute approximate surface area is 162 Å². The lowest BCUT2D eigenvalue weighted by Gasteiger charge is -2.27. The highest BCUT2D eigenvalue weighted by Gasteiger charge is 2.26. The van der Waals surface area contributed by atoms with Crippen molar-refractivity contribution in [2.75, 3.05) is 39.8 Å². The smallest absolute Gasteiger partial charge is 0.270 e. The second kappa shape index (κ2) is 7.87. The third kappa shape index (κ3) is 3.94. The maximum absolute atomic E-state index is 13.1. The minimum absolute atomic E-state index is 0.191. The largest absolute Gasteiger partial charge is 0.343 e. The van der Waals surface area contributed by atoms with Gasteiger partial charge in [0.25, 0.3) is 5.91 Å². The Kier molecular flexibility index (Phi) is 5.32. The molecule has 1 aromatic carbocycles. The summed E-state index contributed by atoms with van der Waals surface area (Å²) < 4.78 is 2.14. The Morgan fingerprint density at radius 3 is 2.63 bits per heavy atom. The fraction of sp³-hybridized carbons (Fsp3) is 0.500. The normalized spacial score (nSPS) is 19.0. The van der Waals surface area contributed by atoms with Crippen LogP contribution in [0.5, 0.6) is 0 Å². The monoisotopic (exact) mass is 366 g/mol. The van der Waals surface area contributed by atoms with Gasteiger partial charge in [0.15, 0.2) is 0 Å². The summed E-state index contributed by atoms with van der Waals surface area (Å²) in [6.07, 6.45) is 2.06. The van der Waals surface area contributed by atoms with Crippen molar-refractivity contribution in [3.63, 3.8) is 0 Å². The summed E-state index contributed by atoms with van der Waals surface area (Å²) in [7, 11) is 4.19. The molecule has 2 aromatic rings. The van der Waals surface area contributed by atoms with Crippen molar-refractivity contribution in [3.05, 3.63) is 58.9 Å². The van der Waals surface area contributed by atoms with Crippen LogP contribution in [0.4, 0.5) is 0 Å². The summed E-state index contributed by atoms with van der Waals surface area (Å²) in [5, 5.41) is 0. The number of carbonyl (C=O) groups is 1. The first-order valence-electron chi connectivity index (χ1n) is 10.0. The molecule has 0 bridgehead atoms. The second-order valence-corrected chi connectivity index (χ2v) is 7.96. The van der Waals surface area contributed by atoms with Crippen LogP contribution >= 0.6 is 0 Å². The van der Waals surface area contributed by atoms with Gasteiger partial charge in [0.1, 0.15) is 5.69 Å². The standard InChI is InChI=1S/C22H30N4O/c1-23-10-6-11-26(14-13-23)22(27)21-15-19-17-25(12-9-20(19)24(21)2)16-18-7-4-3-5-8-18/h3-5,7-8,15H,6,9-14,16-17H2,1-2H3. The number of amides is 1. The molecule has 0 atom stereocenters. The average Bonchev–Trinajstić information content (AvgIpc) is 2.85. The van der Waals surface area contributed by atoms with Gasteiger partial charge >= 0.3 is 0 Å². The topological polar surface area (TPSA) is 31.7 Å². The minimum Gasteiger partial charge on any atom is -0.343 e. The third-order valence-electron chi connectivity index (χ3n) is 5.98. The molecule has 1 fully saturated rings. The lowest BCUT2D eigenvalue weighted by Crippen LogP contribution is -2.35.